The zero-order valence-electron chi connectivity index (χ0n) is 17.9. The van der Waals surface area contributed by atoms with Crippen LogP contribution in [-0.4, -0.2) is 59.2 Å². The third kappa shape index (κ3) is 4.47. The molecule has 1 aromatic rings. The number of benzene rings is 1. The van der Waals surface area contributed by atoms with Crippen LogP contribution in [0.5, 0.6) is 0 Å². The Labute approximate surface area is 177 Å². The second-order valence-electron chi connectivity index (χ2n) is 8.39. The fourth-order valence-electron chi connectivity index (χ4n) is 4.11. The molecule has 1 aliphatic carbocycles. The Kier molecular flexibility index (Phi) is 6.43. The van der Waals surface area contributed by atoms with Crippen molar-refractivity contribution in [3.63, 3.8) is 0 Å². The van der Waals surface area contributed by atoms with Gasteiger partial charge in [-0.25, -0.2) is 4.79 Å². The molecule has 1 aromatic carbocycles. The molecular weight excluding hydrogens is 384 g/mol. The van der Waals surface area contributed by atoms with Gasteiger partial charge in [0.1, 0.15) is 12.1 Å². The second-order valence-corrected chi connectivity index (χ2v) is 8.39. The highest BCUT2D eigenvalue weighted by Gasteiger charge is 2.52. The number of nitrogens with zero attached hydrogens (tertiary/aromatic N) is 2. The molecule has 0 atom stereocenters. The molecule has 1 saturated carbocycles. The number of para-hydroxylation sites is 1. The van der Waals surface area contributed by atoms with E-state index in [1.807, 2.05) is 31.2 Å². The molecule has 1 spiro atoms. The average Bonchev–Trinajstić information content (AvgIpc) is 2.94. The Morgan fingerprint density at radius 1 is 1.23 bits per heavy atom. The van der Waals surface area contributed by atoms with Gasteiger partial charge in [0.2, 0.25) is 11.8 Å². The zero-order valence-corrected chi connectivity index (χ0v) is 17.9. The van der Waals surface area contributed by atoms with Crippen LogP contribution in [0.1, 0.15) is 45.1 Å². The predicted octanol–water partition coefficient (Wildman–Crippen LogP) is 2.15. The summed E-state index contributed by atoms with van der Waals surface area (Å²) < 4.78 is 0. The van der Waals surface area contributed by atoms with E-state index in [1.165, 1.54) is 11.9 Å². The maximum atomic E-state index is 12.9. The van der Waals surface area contributed by atoms with Crippen LogP contribution in [0.4, 0.5) is 10.5 Å². The minimum Gasteiger partial charge on any atom is -0.335 e. The Morgan fingerprint density at radius 2 is 1.90 bits per heavy atom. The van der Waals surface area contributed by atoms with Crippen molar-refractivity contribution < 1.29 is 19.2 Å². The predicted molar refractivity (Wildman–Crippen MR) is 113 cm³/mol. The van der Waals surface area contributed by atoms with Crippen molar-refractivity contribution in [3.8, 4) is 0 Å². The van der Waals surface area contributed by atoms with Crippen LogP contribution in [0.15, 0.2) is 24.3 Å². The number of carbonyl (C=O) groups is 4. The van der Waals surface area contributed by atoms with E-state index in [4.69, 9.17) is 0 Å². The van der Waals surface area contributed by atoms with E-state index in [2.05, 4.69) is 17.6 Å². The molecule has 1 saturated heterocycles. The smallest absolute Gasteiger partial charge is 0.325 e. The lowest BCUT2D eigenvalue weighted by Crippen LogP contribution is -2.50. The number of hydrogen-bond acceptors (Lipinski definition) is 4. The van der Waals surface area contributed by atoms with Crippen LogP contribution < -0.4 is 10.6 Å². The Hall–Kier alpha value is -2.90. The van der Waals surface area contributed by atoms with E-state index in [-0.39, 0.29) is 24.9 Å². The van der Waals surface area contributed by atoms with Gasteiger partial charge in [0.25, 0.3) is 5.91 Å². The molecule has 2 fully saturated rings. The van der Waals surface area contributed by atoms with Gasteiger partial charge in [-0.2, -0.15) is 0 Å². The maximum absolute atomic E-state index is 12.9. The normalized spacial score (nSPS) is 23.4. The van der Waals surface area contributed by atoms with Crippen LogP contribution in [0.3, 0.4) is 0 Å². The Bertz CT molecular complexity index is 845. The Balaban J connectivity index is 1.57. The number of nitrogens with one attached hydrogen (secondary N) is 2. The number of hydrogen-bond donors (Lipinski definition) is 2. The van der Waals surface area contributed by atoms with Gasteiger partial charge in [-0.15, -0.1) is 0 Å². The number of amides is 5. The molecule has 162 valence electrons. The van der Waals surface area contributed by atoms with Crippen molar-refractivity contribution >= 4 is 29.4 Å². The van der Waals surface area contributed by atoms with E-state index in [9.17, 15) is 19.2 Å². The lowest BCUT2D eigenvalue weighted by molar-refractivity contribution is -0.139. The lowest BCUT2D eigenvalue weighted by Gasteiger charge is -2.33. The quantitative estimate of drug-likeness (QED) is 0.697. The molecule has 5 amide bonds. The number of aryl methyl sites for hydroxylation is 1. The first-order valence-electron chi connectivity index (χ1n) is 10.5. The Morgan fingerprint density at radius 3 is 2.57 bits per heavy atom. The molecule has 2 N–H and O–H groups in total. The number of imide groups is 1. The van der Waals surface area contributed by atoms with Gasteiger partial charge in [-0.05, 0) is 49.7 Å². The summed E-state index contributed by atoms with van der Waals surface area (Å²) in [5.74, 6) is -0.596. The lowest BCUT2D eigenvalue weighted by atomic mass is 9.77. The molecule has 1 heterocycles. The number of urea groups is 1. The van der Waals surface area contributed by atoms with Crippen LogP contribution in [0, 0.1) is 5.92 Å². The third-order valence-corrected chi connectivity index (χ3v) is 6.15. The van der Waals surface area contributed by atoms with E-state index < -0.39 is 17.5 Å². The second kappa shape index (κ2) is 8.85. The fourth-order valence-corrected chi connectivity index (χ4v) is 4.11. The highest BCUT2D eigenvalue weighted by atomic mass is 16.2. The summed E-state index contributed by atoms with van der Waals surface area (Å²) in [5.41, 5.74) is 0.851. The van der Waals surface area contributed by atoms with Crippen LogP contribution in [-0.2, 0) is 20.8 Å². The van der Waals surface area contributed by atoms with E-state index in [1.54, 1.807) is 0 Å². The summed E-state index contributed by atoms with van der Waals surface area (Å²) in [7, 11) is 1.49. The molecule has 30 heavy (non-hydrogen) atoms. The van der Waals surface area contributed by atoms with Gasteiger partial charge in [-0.3, -0.25) is 19.3 Å². The fraction of sp³-hybridized carbons (Fsp3) is 0.545. The summed E-state index contributed by atoms with van der Waals surface area (Å²) >= 11 is 0. The molecule has 0 aromatic heterocycles. The van der Waals surface area contributed by atoms with Gasteiger partial charge in [0.05, 0.1) is 6.54 Å². The molecule has 8 nitrogen and oxygen atoms in total. The van der Waals surface area contributed by atoms with Crippen molar-refractivity contribution in [1.82, 2.24) is 15.1 Å². The van der Waals surface area contributed by atoms with Crippen molar-refractivity contribution in [2.75, 3.05) is 25.5 Å². The van der Waals surface area contributed by atoms with E-state index in [0.29, 0.717) is 24.4 Å². The molecule has 8 heteroatoms. The summed E-state index contributed by atoms with van der Waals surface area (Å²) in [6, 6.07) is 6.96. The average molecular weight is 415 g/mol. The van der Waals surface area contributed by atoms with Crippen LogP contribution in [0.25, 0.3) is 0 Å². The summed E-state index contributed by atoms with van der Waals surface area (Å²) in [5, 5.41) is 5.62. The van der Waals surface area contributed by atoms with Crippen LogP contribution in [0.2, 0.25) is 0 Å². The number of anilines is 1. The minimum absolute atomic E-state index is 0.164. The van der Waals surface area contributed by atoms with Gasteiger partial charge in [0, 0.05) is 12.7 Å². The highest BCUT2D eigenvalue weighted by molar-refractivity contribution is 6.09. The largest absolute Gasteiger partial charge is 0.335 e. The number of carbonyl (C=O) groups excluding carboxylic acids is 4. The van der Waals surface area contributed by atoms with Crippen molar-refractivity contribution in [2.24, 2.45) is 5.92 Å². The van der Waals surface area contributed by atoms with E-state index >= 15 is 0 Å². The van der Waals surface area contributed by atoms with Gasteiger partial charge in [0.15, 0.2) is 0 Å². The molecule has 1 aliphatic heterocycles. The van der Waals surface area contributed by atoms with Gasteiger partial charge in [-0.1, -0.05) is 32.0 Å². The highest BCUT2D eigenvalue weighted by Crippen LogP contribution is 2.36. The standard InChI is InChI=1S/C22H30N4O4/c1-4-16-7-5-6-8-17(16)23-18(27)13-25(3)19(28)14-26-20(29)22(24-21(26)30)11-9-15(2)10-12-22/h5-8,15H,4,9-14H2,1-3H3,(H,23,27)(H,24,30). The van der Waals surface area contributed by atoms with Crippen LogP contribution >= 0.6 is 0 Å². The summed E-state index contributed by atoms with van der Waals surface area (Å²) in [6.45, 7) is 3.60. The maximum Gasteiger partial charge on any atom is 0.325 e. The minimum atomic E-state index is -0.871. The topological polar surface area (TPSA) is 98.8 Å². The first-order valence-corrected chi connectivity index (χ1v) is 10.5. The first kappa shape index (κ1) is 21.8. The number of likely N-dealkylation sites (N-methyl/N-ethyl adjacent to an activating group) is 1. The monoisotopic (exact) mass is 414 g/mol. The molecule has 0 bridgehead atoms. The summed E-state index contributed by atoms with van der Waals surface area (Å²) in [4.78, 5) is 52.4. The van der Waals surface area contributed by atoms with Gasteiger partial charge < -0.3 is 15.5 Å². The molecule has 0 radical (unpaired) electrons. The van der Waals surface area contributed by atoms with E-state index in [0.717, 1.165) is 29.7 Å². The zero-order chi connectivity index (χ0) is 21.9. The molecule has 2 aliphatic rings. The first-order chi connectivity index (χ1) is 14.3. The van der Waals surface area contributed by atoms with Crippen molar-refractivity contribution in [2.45, 2.75) is 51.5 Å². The molecular formula is C22H30N4O4. The third-order valence-electron chi connectivity index (χ3n) is 6.15. The van der Waals surface area contributed by atoms with Crippen molar-refractivity contribution in [1.29, 1.82) is 0 Å². The summed E-state index contributed by atoms with van der Waals surface area (Å²) in [6.07, 6.45) is 3.70. The molecule has 0 unspecified atom stereocenters. The van der Waals surface area contributed by atoms with Crippen molar-refractivity contribution in [3.05, 3.63) is 29.8 Å². The number of rotatable bonds is 6. The SMILES string of the molecule is CCc1ccccc1NC(=O)CN(C)C(=O)CN1C(=O)NC2(CCC(C)CC2)C1=O. The van der Waals surface area contributed by atoms with Gasteiger partial charge >= 0.3 is 6.03 Å². The molecule has 3 rings (SSSR count).